The van der Waals surface area contributed by atoms with Gasteiger partial charge in [-0.05, 0) is 26.3 Å². The summed E-state index contributed by atoms with van der Waals surface area (Å²) < 4.78 is 0. The average Bonchev–Trinajstić information content (AvgIpc) is 2.37. The van der Waals surface area contributed by atoms with Crippen LogP contribution in [0.2, 0.25) is 0 Å². The molecule has 0 unspecified atom stereocenters. The number of H-pyrrole nitrogens is 1. The van der Waals surface area contributed by atoms with Crippen molar-refractivity contribution in [2.24, 2.45) is 0 Å². The molecule has 0 bridgehead atoms. The first kappa shape index (κ1) is 12.9. The van der Waals surface area contributed by atoms with Crippen molar-refractivity contribution in [2.75, 3.05) is 0 Å². The monoisotopic (exact) mass is 260 g/mol. The molecule has 1 aromatic heterocycles. The van der Waals surface area contributed by atoms with Gasteiger partial charge in [-0.15, -0.1) is 0 Å². The average molecular weight is 260 g/mol. The summed E-state index contributed by atoms with van der Waals surface area (Å²) >= 11 is 1.57. The highest BCUT2D eigenvalue weighted by atomic mass is 32.2. The molecule has 0 fully saturated rings. The largest absolute Gasteiger partial charge is 0.301 e. The van der Waals surface area contributed by atoms with E-state index in [1.54, 1.807) is 18.7 Å². The molecule has 94 valence electrons. The lowest BCUT2D eigenvalue weighted by atomic mass is 10.2. The molecule has 2 rings (SSSR count). The highest BCUT2D eigenvalue weighted by molar-refractivity contribution is 7.99. The Kier molecular flexibility index (Phi) is 3.87. The van der Waals surface area contributed by atoms with Gasteiger partial charge in [0.05, 0.1) is 0 Å². The number of aromatic amines is 1. The first-order chi connectivity index (χ1) is 8.58. The number of hydrogen-bond donors (Lipinski definition) is 1. The topological polar surface area (TPSA) is 45.8 Å². The molecule has 0 aliphatic carbocycles. The zero-order valence-corrected chi connectivity index (χ0v) is 11.5. The molecule has 0 saturated heterocycles. The van der Waals surface area contributed by atoms with Crippen LogP contribution in [0.15, 0.2) is 40.3 Å². The minimum Gasteiger partial charge on any atom is -0.301 e. The summed E-state index contributed by atoms with van der Waals surface area (Å²) in [6.45, 7) is 5.76. The molecule has 0 radical (unpaired) electrons. The maximum absolute atomic E-state index is 11.7. The second kappa shape index (κ2) is 5.40. The minimum atomic E-state index is -0.0507. The van der Waals surface area contributed by atoms with Crippen molar-refractivity contribution in [3.8, 4) is 0 Å². The number of benzene rings is 1. The van der Waals surface area contributed by atoms with Crippen LogP contribution in [0.3, 0.4) is 0 Å². The van der Waals surface area contributed by atoms with Crippen LogP contribution in [0.4, 0.5) is 0 Å². The van der Waals surface area contributed by atoms with Gasteiger partial charge in [0.1, 0.15) is 0 Å². The van der Waals surface area contributed by atoms with Crippen molar-refractivity contribution in [3.05, 3.63) is 57.5 Å². The van der Waals surface area contributed by atoms with Crippen LogP contribution in [-0.2, 0) is 0 Å². The van der Waals surface area contributed by atoms with E-state index in [-0.39, 0.29) is 10.8 Å². The molecule has 1 N–H and O–H groups in total. The van der Waals surface area contributed by atoms with E-state index < -0.39 is 0 Å². The predicted octanol–water partition coefficient (Wildman–Crippen LogP) is 3.24. The molecule has 0 aliphatic heterocycles. The number of nitrogens with one attached hydrogen (secondary N) is 1. The van der Waals surface area contributed by atoms with Gasteiger partial charge in [0.25, 0.3) is 5.56 Å². The third-order valence-corrected chi connectivity index (χ3v) is 3.97. The lowest BCUT2D eigenvalue weighted by Gasteiger charge is -2.11. The van der Waals surface area contributed by atoms with E-state index in [1.165, 1.54) is 5.56 Å². The molecule has 1 aromatic carbocycles. The van der Waals surface area contributed by atoms with Gasteiger partial charge >= 0.3 is 0 Å². The molecule has 0 amide bonds. The Bertz CT molecular complexity index is 592. The maximum Gasteiger partial charge on any atom is 0.254 e. The second-order valence-electron chi connectivity index (χ2n) is 4.25. The van der Waals surface area contributed by atoms with Crippen molar-refractivity contribution in [2.45, 2.75) is 31.2 Å². The quantitative estimate of drug-likeness (QED) is 0.680. The summed E-state index contributed by atoms with van der Waals surface area (Å²) in [4.78, 5) is 18.9. The molecule has 0 saturated carbocycles. The highest BCUT2D eigenvalue weighted by Crippen LogP contribution is 2.32. The van der Waals surface area contributed by atoms with Crippen LogP contribution in [0.5, 0.6) is 0 Å². The van der Waals surface area contributed by atoms with E-state index in [0.717, 1.165) is 5.69 Å². The Morgan fingerprint density at radius 2 is 1.89 bits per heavy atom. The molecular weight excluding hydrogens is 244 g/mol. The number of thioether (sulfide) groups is 1. The van der Waals surface area contributed by atoms with Crippen LogP contribution in [0.1, 0.15) is 29.0 Å². The van der Waals surface area contributed by atoms with E-state index in [1.807, 2.05) is 25.1 Å². The van der Waals surface area contributed by atoms with E-state index in [0.29, 0.717) is 10.7 Å². The van der Waals surface area contributed by atoms with Crippen LogP contribution >= 0.6 is 11.8 Å². The van der Waals surface area contributed by atoms with Crippen molar-refractivity contribution >= 4 is 11.8 Å². The predicted molar refractivity (Wildman–Crippen MR) is 75.0 cm³/mol. The van der Waals surface area contributed by atoms with Gasteiger partial charge in [-0.3, -0.25) is 4.79 Å². The molecule has 0 aliphatic rings. The number of rotatable bonds is 3. The van der Waals surface area contributed by atoms with E-state index in [4.69, 9.17) is 0 Å². The smallest absolute Gasteiger partial charge is 0.254 e. The van der Waals surface area contributed by atoms with Crippen molar-refractivity contribution < 1.29 is 0 Å². The van der Waals surface area contributed by atoms with E-state index >= 15 is 0 Å². The van der Waals surface area contributed by atoms with Gasteiger partial charge in [0.2, 0.25) is 0 Å². The fourth-order valence-corrected chi connectivity index (χ4v) is 2.60. The third kappa shape index (κ3) is 2.82. The second-order valence-corrected chi connectivity index (χ2v) is 5.58. The number of aromatic nitrogens is 2. The van der Waals surface area contributed by atoms with Gasteiger partial charge in [-0.2, -0.15) is 0 Å². The molecule has 2 aromatic rings. The van der Waals surface area contributed by atoms with Crippen LogP contribution in [0.25, 0.3) is 0 Å². The maximum atomic E-state index is 11.7. The fourth-order valence-electron chi connectivity index (χ4n) is 1.63. The zero-order chi connectivity index (χ0) is 13.1. The molecule has 0 spiro atoms. The Hall–Kier alpha value is -1.55. The molecule has 18 heavy (non-hydrogen) atoms. The molecule has 1 heterocycles. The Labute approximate surface area is 111 Å². The van der Waals surface area contributed by atoms with Gasteiger partial charge < -0.3 is 4.98 Å². The highest BCUT2D eigenvalue weighted by Gasteiger charge is 2.10. The summed E-state index contributed by atoms with van der Waals surface area (Å²) in [5.41, 5.74) is 2.65. The summed E-state index contributed by atoms with van der Waals surface area (Å²) in [6.07, 6.45) is 0. The van der Waals surface area contributed by atoms with Gasteiger partial charge in [0, 0.05) is 16.5 Å². The van der Waals surface area contributed by atoms with Gasteiger partial charge in [0.15, 0.2) is 5.16 Å². The summed E-state index contributed by atoms with van der Waals surface area (Å²) in [5, 5.41) is 0.941. The Morgan fingerprint density at radius 3 is 2.50 bits per heavy atom. The molecule has 3 nitrogen and oxygen atoms in total. The summed E-state index contributed by atoms with van der Waals surface area (Å²) in [5.74, 6) is 0. The van der Waals surface area contributed by atoms with Gasteiger partial charge in [-0.1, -0.05) is 42.1 Å². The zero-order valence-electron chi connectivity index (χ0n) is 10.7. The van der Waals surface area contributed by atoms with Crippen molar-refractivity contribution in [1.29, 1.82) is 0 Å². The van der Waals surface area contributed by atoms with Crippen molar-refractivity contribution in [3.63, 3.8) is 0 Å². The number of nitrogens with zero attached hydrogens (tertiary/aromatic N) is 1. The fraction of sp³-hybridized carbons (Fsp3) is 0.286. The van der Waals surface area contributed by atoms with Gasteiger partial charge in [-0.25, -0.2) is 4.98 Å². The molecule has 4 heteroatoms. The standard InChI is InChI=1S/C14H16N2OS/c1-9-10(2)15-14(16-13(9)17)18-11(3)12-7-5-4-6-8-12/h4-8,11H,1-3H3,(H,15,16,17)/t11-/m0/s1. The Balaban J connectivity index is 2.22. The first-order valence-electron chi connectivity index (χ1n) is 5.87. The molecular formula is C14H16N2OS. The summed E-state index contributed by atoms with van der Waals surface area (Å²) in [6, 6.07) is 10.2. The number of aryl methyl sites for hydroxylation is 1. The van der Waals surface area contributed by atoms with Crippen molar-refractivity contribution in [1.82, 2.24) is 9.97 Å². The van der Waals surface area contributed by atoms with Crippen LogP contribution in [-0.4, -0.2) is 9.97 Å². The van der Waals surface area contributed by atoms with Crippen LogP contribution < -0.4 is 5.56 Å². The number of hydrogen-bond acceptors (Lipinski definition) is 3. The lowest BCUT2D eigenvalue weighted by Crippen LogP contribution is -2.14. The van der Waals surface area contributed by atoms with E-state index in [2.05, 4.69) is 29.0 Å². The SMILES string of the molecule is Cc1nc(S[C@@H](C)c2ccccc2)[nH]c(=O)c1C. The normalized spacial score (nSPS) is 12.4. The van der Waals surface area contributed by atoms with E-state index in [9.17, 15) is 4.79 Å². The Morgan fingerprint density at radius 1 is 1.22 bits per heavy atom. The third-order valence-electron chi connectivity index (χ3n) is 2.93. The summed E-state index contributed by atoms with van der Waals surface area (Å²) in [7, 11) is 0. The molecule has 1 atom stereocenters. The first-order valence-corrected chi connectivity index (χ1v) is 6.75. The minimum absolute atomic E-state index is 0.0507. The van der Waals surface area contributed by atoms with Crippen LogP contribution in [0, 0.1) is 13.8 Å². The lowest BCUT2D eigenvalue weighted by molar-refractivity contribution is 0.877.